The van der Waals surface area contributed by atoms with Gasteiger partial charge in [-0.1, -0.05) is 25.1 Å². The van der Waals surface area contributed by atoms with Crippen LogP contribution in [0.4, 0.5) is 0 Å². The Morgan fingerprint density at radius 1 is 1.27 bits per heavy atom. The first kappa shape index (κ1) is 18.5. The van der Waals surface area contributed by atoms with Gasteiger partial charge in [0.05, 0.1) is 6.04 Å². The van der Waals surface area contributed by atoms with Gasteiger partial charge in [-0.05, 0) is 68.1 Å². The Labute approximate surface area is 156 Å². The lowest BCUT2D eigenvalue weighted by molar-refractivity contribution is -0.117. The number of piperidine rings is 1. The van der Waals surface area contributed by atoms with E-state index in [1.165, 1.54) is 24.0 Å². The summed E-state index contributed by atoms with van der Waals surface area (Å²) in [4.78, 5) is 14.7. The van der Waals surface area contributed by atoms with Crippen LogP contribution < -0.4 is 5.32 Å². The maximum Gasteiger partial charge on any atom is 0.263 e. The minimum atomic E-state index is -0.281. The first-order chi connectivity index (χ1) is 12.6. The highest BCUT2D eigenvalue weighted by Gasteiger charge is 2.19. The minimum Gasteiger partial charge on any atom is -0.376 e. The average molecular weight is 351 g/mol. The van der Waals surface area contributed by atoms with Crippen LogP contribution in [0.1, 0.15) is 62.3 Å². The average Bonchev–Trinajstić information content (AvgIpc) is 2.67. The van der Waals surface area contributed by atoms with Crippen molar-refractivity contribution >= 4 is 5.91 Å². The Morgan fingerprint density at radius 2 is 1.96 bits per heavy atom. The van der Waals surface area contributed by atoms with Gasteiger partial charge in [0.25, 0.3) is 5.91 Å². The van der Waals surface area contributed by atoms with E-state index in [1.807, 2.05) is 6.92 Å². The molecule has 1 saturated heterocycles. The van der Waals surface area contributed by atoms with E-state index in [2.05, 4.69) is 41.4 Å². The van der Waals surface area contributed by atoms with Gasteiger partial charge in [-0.15, -0.1) is 0 Å². The van der Waals surface area contributed by atoms with E-state index in [9.17, 15) is 10.1 Å². The van der Waals surface area contributed by atoms with E-state index in [0.717, 1.165) is 50.3 Å². The number of amides is 1. The fourth-order valence-electron chi connectivity index (χ4n) is 3.86. The van der Waals surface area contributed by atoms with Crippen molar-refractivity contribution in [1.29, 1.82) is 5.26 Å². The monoisotopic (exact) mass is 351 g/mol. The van der Waals surface area contributed by atoms with Crippen molar-refractivity contribution in [2.75, 3.05) is 13.1 Å². The van der Waals surface area contributed by atoms with E-state index in [0.29, 0.717) is 0 Å². The van der Waals surface area contributed by atoms with Gasteiger partial charge in [0.2, 0.25) is 0 Å². The van der Waals surface area contributed by atoms with Gasteiger partial charge in [0.1, 0.15) is 11.6 Å². The third kappa shape index (κ3) is 4.46. The molecule has 2 aliphatic rings. The van der Waals surface area contributed by atoms with Crippen molar-refractivity contribution in [3.8, 4) is 6.07 Å². The SMILES string of the molecule is CC1CCN(/C=C(/C#N)C(=O)NC(C)c2ccc3c(c2)CCCC3)CC1. The summed E-state index contributed by atoms with van der Waals surface area (Å²) in [5.74, 6) is 0.444. The summed E-state index contributed by atoms with van der Waals surface area (Å²) < 4.78 is 0. The van der Waals surface area contributed by atoms with Gasteiger partial charge in [0.15, 0.2) is 0 Å². The van der Waals surface area contributed by atoms with Crippen molar-refractivity contribution in [3.05, 3.63) is 46.7 Å². The predicted octanol–water partition coefficient (Wildman–Crippen LogP) is 3.88. The van der Waals surface area contributed by atoms with Crippen LogP contribution in [0.5, 0.6) is 0 Å². The molecule has 0 radical (unpaired) electrons. The van der Waals surface area contributed by atoms with Gasteiger partial charge in [-0.2, -0.15) is 5.26 Å². The molecule has 1 aliphatic carbocycles. The molecule has 26 heavy (non-hydrogen) atoms. The zero-order valence-corrected chi connectivity index (χ0v) is 15.9. The molecular formula is C22H29N3O. The lowest BCUT2D eigenvalue weighted by atomic mass is 9.89. The molecule has 0 spiro atoms. The molecule has 4 heteroatoms. The lowest BCUT2D eigenvalue weighted by Crippen LogP contribution is -2.32. The minimum absolute atomic E-state index is 0.104. The summed E-state index contributed by atoms with van der Waals surface area (Å²) in [5.41, 5.74) is 4.16. The van der Waals surface area contributed by atoms with Crippen LogP contribution >= 0.6 is 0 Å². The van der Waals surface area contributed by atoms with Gasteiger partial charge < -0.3 is 10.2 Å². The van der Waals surface area contributed by atoms with Crippen molar-refractivity contribution in [2.24, 2.45) is 5.92 Å². The van der Waals surface area contributed by atoms with Gasteiger partial charge in [0, 0.05) is 19.3 Å². The molecule has 0 bridgehead atoms. The number of nitrogens with zero attached hydrogens (tertiary/aromatic N) is 2. The maximum absolute atomic E-state index is 12.6. The number of benzene rings is 1. The van der Waals surface area contributed by atoms with Gasteiger partial charge >= 0.3 is 0 Å². The van der Waals surface area contributed by atoms with E-state index >= 15 is 0 Å². The molecule has 1 unspecified atom stereocenters. The Hall–Kier alpha value is -2.28. The van der Waals surface area contributed by atoms with Crippen LogP contribution in [0.15, 0.2) is 30.0 Å². The zero-order chi connectivity index (χ0) is 18.5. The van der Waals surface area contributed by atoms with Crippen LogP contribution in [0.25, 0.3) is 0 Å². The molecule has 4 nitrogen and oxygen atoms in total. The number of rotatable bonds is 4. The number of nitrogens with one attached hydrogen (secondary N) is 1. The van der Waals surface area contributed by atoms with Crippen molar-refractivity contribution in [1.82, 2.24) is 10.2 Å². The molecule has 1 atom stereocenters. The number of hydrogen-bond acceptors (Lipinski definition) is 3. The standard InChI is InChI=1S/C22H29N3O/c1-16-9-11-25(12-10-16)15-21(14-23)22(26)24-17(2)19-8-7-18-5-3-4-6-20(18)13-19/h7-8,13,15-17H,3-6,9-12H2,1-2H3,(H,24,26)/b21-15-. The number of nitriles is 1. The molecule has 1 aliphatic heterocycles. The highest BCUT2D eigenvalue weighted by atomic mass is 16.1. The fourth-order valence-corrected chi connectivity index (χ4v) is 3.86. The van der Waals surface area contributed by atoms with E-state index in [4.69, 9.17) is 0 Å². The highest BCUT2D eigenvalue weighted by molar-refractivity contribution is 5.97. The highest BCUT2D eigenvalue weighted by Crippen LogP contribution is 2.25. The summed E-state index contributed by atoms with van der Waals surface area (Å²) in [6.45, 7) is 6.07. The molecule has 138 valence electrons. The van der Waals surface area contributed by atoms with Gasteiger partial charge in [-0.3, -0.25) is 4.79 Å². The molecule has 1 N–H and O–H groups in total. The Kier molecular flexibility index (Phi) is 5.98. The van der Waals surface area contributed by atoms with E-state index in [-0.39, 0.29) is 17.5 Å². The Balaban J connectivity index is 1.65. The van der Waals surface area contributed by atoms with Gasteiger partial charge in [-0.25, -0.2) is 0 Å². The smallest absolute Gasteiger partial charge is 0.263 e. The maximum atomic E-state index is 12.6. The van der Waals surface area contributed by atoms with E-state index in [1.54, 1.807) is 6.20 Å². The van der Waals surface area contributed by atoms with Crippen LogP contribution in [-0.4, -0.2) is 23.9 Å². The normalized spacial score (nSPS) is 19.4. The molecule has 1 aromatic rings. The number of fused-ring (bicyclic) bond motifs is 1. The second kappa shape index (κ2) is 8.40. The first-order valence-electron chi connectivity index (χ1n) is 9.85. The molecule has 1 heterocycles. The van der Waals surface area contributed by atoms with Crippen LogP contribution in [-0.2, 0) is 17.6 Å². The molecule has 1 aromatic carbocycles. The number of aryl methyl sites for hydroxylation is 2. The quantitative estimate of drug-likeness (QED) is 0.661. The Bertz CT molecular complexity index is 723. The molecule has 0 saturated carbocycles. The largest absolute Gasteiger partial charge is 0.376 e. The fraction of sp³-hybridized carbons (Fsp3) is 0.545. The second-order valence-electron chi connectivity index (χ2n) is 7.80. The number of carbonyl (C=O) groups is 1. The zero-order valence-electron chi connectivity index (χ0n) is 15.9. The first-order valence-corrected chi connectivity index (χ1v) is 9.85. The van der Waals surface area contributed by atoms with Crippen LogP contribution in [0.3, 0.4) is 0 Å². The van der Waals surface area contributed by atoms with Crippen molar-refractivity contribution < 1.29 is 4.79 Å². The molecular weight excluding hydrogens is 322 g/mol. The van der Waals surface area contributed by atoms with Crippen LogP contribution in [0.2, 0.25) is 0 Å². The van der Waals surface area contributed by atoms with E-state index < -0.39 is 0 Å². The second-order valence-corrected chi connectivity index (χ2v) is 7.80. The summed E-state index contributed by atoms with van der Waals surface area (Å²) in [6.07, 6.45) is 8.76. The number of carbonyl (C=O) groups excluding carboxylic acids is 1. The Morgan fingerprint density at radius 3 is 2.65 bits per heavy atom. The molecule has 3 rings (SSSR count). The predicted molar refractivity (Wildman–Crippen MR) is 103 cm³/mol. The molecule has 0 aromatic heterocycles. The van der Waals surface area contributed by atoms with Crippen molar-refractivity contribution in [2.45, 2.75) is 58.4 Å². The lowest BCUT2D eigenvalue weighted by Gasteiger charge is -2.29. The third-order valence-corrected chi connectivity index (χ3v) is 5.72. The topological polar surface area (TPSA) is 56.1 Å². The molecule has 1 amide bonds. The summed E-state index contributed by atoms with van der Waals surface area (Å²) in [7, 11) is 0. The third-order valence-electron chi connectivity index (χ3n) is 5.72. The summed E-state index contributed by atoms with van der Waals surface area (Å²) in [5, 5.41) is 12.4. The summed E-state index contributed by atoms with van der Waals surface area (Å²) >= 11 is 0. The molecule has 1 fully saturated rings. The summed E-state index contributed by atoms with van der Waals surface area (Å²) in [6, 6.07) is 8.50. The number of hydrogen-bond donors (Lipinski definition) is 1. The van der Waals surface area contributed by atoms with Crippen molar-refractivity contribution in [3.63, 3.8) is 0 Å². The number of likely N-dealkylation sites (tertiary alicyclic amines) is 1. The van der Waals surface area contributed by atoms with Crippen LogP contribution in [0, 0.1) is 17.2 Å².